The molecular formula is C12H13Cl2NO3. The molecule has 0 bridgehead atoms. The van der Waals surface area contributed by atoms with Crippen molar-refractivity contribution in [2.75, 3.05) is 7.11 Å². The van der Waals surface area contributed by atoms with Crippen molar-refractivity contribution in [3.05, 3.63) is 39.4 Å². The van der Waals surface area contributed by atoms with E-state index in [0.29, 0.717) is 26.9 Å². The Bertz CT molecular complexity index is 486. The van der Waals surface area contributed by atoms with E-state index in [0.717, 1.165) is 0 Å². The first-order valence-corrected chi connectivity index (χ1v) is 5.87. The van der Waals surface area contributed by atoms with Crippen LogP contribution < -0.4 is 5.48 Å². The standard InChI is InChI=1S/C12H13Cl2NO3/c1-7(5-11(16)17)12(15-18-2)8-3-4-9(13)10(14)6-8/h3-4,6,15H,5H2,1-2H3,(H,16,17). The summed E-state index contributed by atoms with van der Waals surface area (Å²) < 4.78 is 0. The number of rotatable bonds is 5. The van der Waals surface area contributed by atoms with E-state index in [1.807, 2.05) is 0 Å². The van der Waals surface area contributed by atoms with Crippen LogP contribution in [-0.2, 0) is 9.63 Å². The summed E-state index contributed by atoms with van der Waals surface area (Å²) in [4.78, 5) is 15.6. The summed E-state index contributed by atoms with van der Waals surface area (Å²) in [5.74, 6) is -0.914. The Morgan fingerprint density at radius 3 is 2.56 bits per heavy atom. The van der Waals surface area contributed by atoms with Gasteiger partial charge in [0.2, 0.25) is 0 Å². The molecule has 0 aliphatic carbocycles. The molecule has 98 valence electrons. The highest BCUT2D eigenvalue weighted by Crippen LogP contribution is 2.27. The van der Waals surface area contributed by atoms with E-state index in [9.17, 15) is 4.79 Å². The third-order valence-electron chi connectivity index (χ3n) is 2.26. The van der Waals surface area contributed by atoms with Gasteiger partial charge in [0, 0.05) is 5.56 Å². The van der Waals surface area contributed by atoms with Crippen LogP contribution in [0.3, 0.4) is 0 Å². The lowest BCUT2D eigenvalue weighted by Gasteiger charge is -2.13. The minimum Gasteiger partial charge on any atom is -0.481 e. The Morgan fingerprint density at radius 2 is 2.06 bits per heavy atom. The van der Waals surface area contributed by atoms with Crippen LogP contribution in [0.15, 0.2) is 23.8 Å². The Balaban J connectivity index is 3.18. The highest BCUT2D eigenvalue weighted by Gasteiger charge is 2.10. The largest absolute Gasteiger partial charge is 0.481 e. The molecule has 0 saturated carbocycles. The maximum absolute atomic E-state index is 10.7. The van der Waals surface area contributed by atoms with Gasteiger partial charge in [0.05, 0.1) is 29.3 Å². The number of carboxylic acid groups (broad SMARTS) is 1. The van der Waals surface area contributed by atoms with Gasteiger partial charge in [-0.3, -0.25) is 15.1 Å². The van der Waals surface area contributed by atoms with Crippen LogP contribution in [0.1, 0.15) is 18.9 Å². The van der Waals surface area contributed by atoms with Crippen molar-refractivity contribution in [1.82, 2.24) is 5.48 Å². The number of carboxylic acids is 1. The van der Waals surface area contributed by atoms with E-state index in [1.54, 1.807) is 25.1 Å². The maximum Gasteiger partial charge on any atom is 0.307 e. The summed E-state index contributed by atoms with van der Waals surface area (Å²) in [6.07, 6.45) is -0.0913. The summed E-state index contributed by atoms with van der Waals surface area (Å²) in [7, 11) is 1.45. The average molecular weight is 290 g/mol. The summed E-state index contributed by atoms with van der Waals surface area (Å²) in [5.41, 5.74) is 4.57. The molecule has 1 aromatic carbocycles. The Kier molecular flexibility index (Phi) is 5.47. The number of hydrogen-bond donors (Lipinski definition) is 2. The van der Waals surface area contributed by atoms with E-state index < -0.39 is 5.97 Å². The first kappa shape index (κ1) is 14.8. The van der Waals surface area contributed by atoms with Crippen LogP contribution in [0, 0.1) is 0 Å². The van der Waals surface area contributed by atoms with Gasteiger partial charge in [-0.2, -0.15) is 0 Å². The molecule has 0 heterocycles. The number of nitrogens with one attached hydrogen (secondary N) is 1. The molecule has 18 heavy (non-hydrogen) atoms. The zero-order valence-corrected chi connectivity index (χ0v) is 11.5. The topological polar surface area (TPSA) is 58.6 Å². The van der Waals surface area contributed by atoms with E-state index in [-0.39, 0.29) is 6.42 Å². The number of hydrogen-bond acceptors (Lipinski definition) is 3. The number of halogens is 2. The zero-order chi connectivity index (χ0) is 13.7. The van der Waals surface area contributed by atoms with Gasteiger partial charge in [0.15, 0.2) is 0 Å². The molecule has 0 radical (unpaired) electrons. The van der Waals surface area contributed by atoms with Gasteiger partial charge in [-0.05, 0) is 24.6 Å². The summed E-state index contributed by atoms with van der Waals surface area (Å²) in [5, 5.41) is 9.63. The number of hydroxylamine groups is 1. The predicted molar refractivity (Wildman–Crippen MR) is 71.5 cm³/mol. The fourth-order valence-electron chi connectivity index (χ4n) is 1.46. The highest BCUT2D eigenvalue weighted by molar-refractivity contribution is 6.42. The van der Waals surface area contributed by atoms with Gasteiger partial charge in [-0.1, -0.05) is 29.3 Å². The molecule has 0 amide bonds. The van der Waals surface area contributed by atoms with Crippen LogP contribution in [0.25, 0.3) is 5.70 Å². The molecular weight excluding hydrogens is 277 g/mol. The smallest absolute Gasteiger partial charge is 0.307 e. The molecule has 0 unspecified atom stereocenters. The molecule has 1 aromatic rings. The lowest BCUT2D eigenvalue weighted by atomic mass is 10.1. The van der Waals surface area contributed by atoms with E-state index in [1.165, 1.54) is 7.11 Å². The minimum atomic E-state index is -0.914. The lowest BCUT2D eigenvalue weighted by molar-refractivity contribution is -0.136. The molecule has 0 fully saturated rings. The molecule has 0 aliphatic rings. The average Bonchev–Trinajstić information content (AvgIpc) is 2.29. The summed E-state index contributed by atoms with van der Waals surface area (Å²) >= 11 is 11.8. The quantitative estimate of drug-likeness (QED) is 0.816. The zero-order valence-electron chi connectivity index (χ0n) is 9.96. The Hall–Kier alpha value is -1.23. The van der Waals surface area contributed by atoms with Crippen LogP contribution in [0.2, 0.25) is 10.0 Å². The number of aliphatic carboxylic acids is 1. The van der Waals surface area contributed by atoms with Crippen molar-refractivity contribution in [2.24, 2.45) is 0 Å². The third kappa shape index (κ3) is 3.91. The molecule has 6 heteroatoms. The predicted octanol–water partition coefficient (Wildman–Crippen LogP) is 3.35. The van der Waals surface area contributed by atoms with Gasteiger partial charge in [0.1, 0.15) is 0 Å². The third-order valence-corrected chi connectivity index (χ3v) is 2.99. The van der Waals surface area contributed by atoms with E-state index >= 15 is 0 Å². The second-order valence-corrected chi connectivity index (χ2v) is 4.48. The Labute approximate surface area is 115 Å². The fourth-order valence-corrected chi connectivity index (χ4v) is 1.76. The van der Waals surface area contributed by atoms with Crippen LogP contribution in [0.4, 0.5) is 0 Å². The first-order chi connectivity index (χ1) is 8.45. The molecule has 2 N–H and O–H groups in total. The molecule has 0 saturated heterocycles. The van der Waals surface area contributed by atoms with Crippen LogP contribution in [-0.4, -0.2) is 18.2 Å². The van der Waals surface area contributed by atoms with Crippen LogP contribution in [0.5, 0.6) is 0 Å². The van der Waals surface area contributed by atoms with Crippen molar-refractivity contribution in [1.29, 1.82) is 0 Å². The number of carbonyl (C=O) groups is 1. The van der Waals surface area contributed by atoms with Crippen molar-refractivity contribution in [3.63, 3.8) is 0 Å². The molecule has 1 rings (SSSR count). The van der Waals surface area contributed by atoms with Gasteiger partial charge in [-0.25, -0.2) is 0 Å². The maximum atomic E-state index is 10.7. The number of benzene rings is 1. The van der Waals surface area contributed by atoms with E-state index in [2.05, 4.69) is 5.48 Å². The SMILES string of the molecule is CONC(=C(C)CC(=O)O)c1ccc(Cl)c(Cl)c1. The molecule has 4 nitrogen and oxygen atoms in total. The van der Waals surface area contributed by atoms with Gasteiger partial charge >= 0.3 is 5.97 Å². The van der Waals surface area contributed by atoms with Gasteiger partial charge < -0.3 is 5.11 Å². The molecule has 0 spiro atoms. The molecule has 0 aromatic heterocycles. The molecule has 0 aliphatic heterocycles. The van der Waals surface area contributed by atoms with Crippen molar-refractivity contribution < 1.29 is 14.7 Å². The Morgan fingerprint density at radius 1 is 1.39 bits per heavy atom. The summed E-state index contributed by atoms with van der Waals surface area (Å²) in [6, 6.07) is 5.03. The van der Waals surface area contributed by atoms with E-state index in [4.69, 9.17) is 33.1 Å². The second kappa shape index (κ2) is 6.64. The molecule has 0 atom stereocenters. The monoisotopic (exact) mass is 289 g/mol. The normalized spacial score (nSPS) is 12.0. The minimum absolute atomic E-state index is 0.0913. The summed E-state index contributed by atoms with van der Waals surface area (Å²) in [6.45, 7) is 1.71. The van der Waals surface area contributed by atoms with Crippen molar-refractivity contribution in [3.8, 4) is 0 Å². The van der Waals surface area contributed by atoms with Gasteiger partial charge in [0.25, 0.3) is 0 Å². The van der Waals surface area contributed by atoms with Crippen LogP contribution >= 0.6 is 23.2 Å². The van der Waals surface area contributed by atoms with Gasteiger partial charge in [-0.15, -0.1) is 0 Å². The fraction of sp³-hybridized carbons (Fsp3) is 0.250. The van der Waals surface area contributed by atoms with Crippen molar-refractivity contribution >= 4 is 34.9 Å². The second-order valence-electron chi connectivity index (χ2n) is 3.66. The lowest BCUT2D eigenvalue weighted by Crippen LogP contribution is -2.13. The first-order valence-electron chi connectivity index (χ1n) is 5.11. The van der Waals surface area contributed by atoms with Crippen molar-refractivity contribution in [2.45, 2.75) is 13.3 Å². The highest BCUT2D eigenvalue weighted by atomic mass is 35.5.